The number of nitro benzene ring substituents is 1. The number of halogens is 1. The van der Waals surface area contributed by atoms with Crippen molar-refractivity contribution in [2.24, 2.45) is 0 Å². The zero-order valence-electron chi connectivity index (χ0n) is 10.8. The van der Waals surface area contributed by atoms with Crippen LogP contribution < -0.4 is 10.6 Å². The minimum atomic E-state index is -0.872. The van der Waals surface area contributed by atoms with Crippen LogP contribution in [0, 0.1) is 15.9 Å². The molecule has 0 aliphatic carbocycles. The maximum atomic E-state index is 13.1. The molecular formula is C12H14FN3O4. The van der Waals surface area contributed by atoms with Crippen LogP contribution in [-0.2, 0) is 4.79 Å². The lowest BCUT2D eigenvalue weighted by Gasteiger charge is -2.06. The van der Waals surface area contributed by atoms with Gasteiger partial charge in [-0.1, -0.05) is 6.92 Å². The van der Waals surface area contributed by atoms with Crippen LogP contribution in [0.5, 0.6) is 0 Å². The SMILES string of the molecule is CCCNC(=O)CNC(=O)c1cc(F)ccc1[N+](=O)[O-]. The van der Waals surface area contributed by atoms with E-state index in [1.54, 1.807) is 0 Å². The van der Waals surface area contributed by atoms with E-state index in [1.165, 1.54) is 0 Å². The summed E-state index contributed by atoms with van der Waals surface area (Å²) >= 11 is 0. The molecule has 0 saturated carbocycles. The Kier molecular flexibility index (Phi) is 5.57. The van der Waals surface area contributed by atoms with E-state index in [4.69, 9.17) is 0 Å². The molecule has 1 aromatic carbocycles. The molecule has 20 heavy (non-hydrogen) atoms. The normalized spacial score (nSPS) is 9.90. The number of nitrogens with one attached hydrogen (secondary N) is 2. The number of nitrogens with zero attached hydrogens (tertiary/aromatic N) is 1. The Hall–Kier alpha value is -2.51. The maximum absolute atomic E-state index is 13.1. The smallest absolute Gasteiger partial charge is 0.282 e. The van der Waals surface area contributed by atoms with Crippen molar-refractivity contribution >= 4 is 17.5 Å². The third-order valence-corrected chi connectivity index (χ3v) is 2.38. The van der Waals surface area contributed by atoms with Gasteiger partial charge in [0.05, 0.1) is 11.5 Å². The van der Waals surface area contributed by atoms with E-state index >= 15 is 0 Å². The molecule has 0 unspecified atom stereocenters. The number of hydrogen-bond acceptors (Lipinski definition) is 4. The molecule has 0 aliphatic heterocycles. The second-order valence-corrected chi connectivity index (χ2v) is 3.95. The van der Waals surface area contributed by atoms with Crippen molar-refractivity contribution < 1.29 is 18.9 Å². The van der Waals surface area contributed by atoms with E-state index in [1.807, 2.05) is 6.92 Å². The Morgan fingerprint density at radius 1 is 1.35 bits per heavy atom. The van der Waals surface area contributed by atoms with Crippen LogP contribution in [0.1, 0.15) is 23.7 Å². The molecule has 0 aromatic heterocycles. The van der Waals surface area contributed by atoms with Gasteiger partial charge in [-0.2, -0.15) is 0 Å². The molecule has 2 N–H and O–H groups in total. The highest BCUT2D eigenvalue weighted by molar-refractivity contribution is 5.99. The van der Waals surface area contributed by atoms with E-state index in [9.17, 15) is 24.1 Å². The molecule has 0 atom stereocenters. The standard InChI is InChI=1S/C12H14FN3O4/c1-2-5-14-11(17)7-15-12(18)9-6-8(13)3-4-10(9)16(19)20/h3-4,6H,2,5,7H2,1H3,(H,14,17)(H,15,18). The number of nitro groups is 1. The number of carbonyl (C=O) groups is 2. The first-order valence-corrected chi connectivity index (χ1v) is 5.94. The molecule has 0 heterocycles. The average molecular weight is 283 g/mol. The van der Waals surface area contributed by atoms with Crippen molar-refractivity contribution in [2.45, 2.75) is 13.3 Å². The first-order valence-electron chi connectivity index (χ1n) is 5.94. The van der Waals surface area contributed by atoms with Gasteiger partial charge in [0.1, 0.15) is 11.4 Å². The fraction of sp³-hybridized carbons (Fsp3) is 0.333. The number of amides is 2. The monoisotopic (exact) mass is 283 g/mol. The van der Waals surface area contributed by atoms with E-state index in [0.717, 1.165) is 24.6 Å². The van der Waals surface area contributed by atoms with E-state index in [0.29, 0.717) is 6.54 Å². The first kappa shape index (κ1) is 15.5. The number of carbonyl (C=O) groups excluding carboxylic acids is 2. The third-order valence-electron chi connectivity index (χ3n) is 2.38. The van der Waals surface area contributed by atoms with Gasteiger partial charge < -0.3 is 10.6 Å². The predicted octanol–water partition coefficient (Wildman–Crippen LogP) is 0.990. The molecule has 7 nitrogen and oxygen atoms in total. The molecule has 1 rings (SSSR count). The minimum absolute atomic E-state index is 0.327. The quantitative estimate of drug-likeness (QED) is 0.600. The van der Waals surface area contributed by atoms with Crippen LogP contribution in [0.15, 0.2) is 18.2 Å². The number of benzene rings is 1. The summed E-state index contributed by atoms with van der Waals surface area (Å²) in [5, 5.41) is 15.5. The average Bonchev–Trinajstić information content (AvgIpc) is 2.41. The lowest BCUT2D eigenvalue weighted by atomic mass is 10.1. The second-order valence-electron chi connectivity index (χ2n) is 3.95. The highest BCUT2D eigenvalue weighted by atomic mass is 19.1. The summed E-state index contributed by atoms with van der Waals surface area (Å²) in [5.41, 5.74) is -0.934. The summed E-state index contributed by atoms with van der Waals surface area (Å²) in [6.45, 7) is 2.01. The maximum Gasteiger partial charge on any atom is 0.282 e. The molecule has 0 saturated heterocycles. The topological polar surface area (TPSA) is 101 Å². The van der Waals surface area contributed by atoms with Crippen molar-refractivity contribution in [1.29, 1.82) is 0 Å². The fourth-order valence-corrected chi connectivity index (χ4v) is 1.43. The van der Waals surface area contributed by atoms with E-state index in [-0.39, 0.29) is 6.54 Å². The lowest BCUT2D eigenvalue weighted by molar-refractivity contribution is -0.385. The van der Waals surface area contributed by atoms with Crippen LogP contribution in [0.4, 0.5) is 10.1 Å². The van der Waals surface area contributed by atoms with E-state index < -0.39 is 33.8 Å². The summed E-state index contributed by atoms with van der Waals surface area (Å²) in [5.74, 6) is -2.06. The number of hydrogen-bond donors (Lipinski definition) is 2. The van der Waals surface area contributed by atoms with Crippen molar-refractivity contribution in [3.63, 3.8) is 0 Å². The molecule has 2 amide bonds. The summed E-state index contributed by atoms with van der Waals surface area (Å²) < 4.78 is 13.1. The van der Waals surface area contributed by atoms with Crippen LogP contribution >= 0.6 is 0 Å². The zero-order chi connectivity index (χ0) is 15.1. The van der Waals surface area contributed by atoms with Crippen LogP contribution in [0.3, 0.4) is 0 Å². The van der Waals surface area contributed by atoms with Crippen molar-refractivity contribution in [3.05, 3.63) is 39.7 Å². The molecule has 8 heteroatoms. The van der Waals surface area contributed by atoms with Gasteiger partial charge in [-0.25, -0.2) is 4.39 Å². The van der Waals surface area contributed by atoms with Gasteiger partial charge >= 0.3 is 0 Å². The Labute approximate surface area is 114 Å². The Bertz CT molecular complexity index is 533. The predicted molar refractivity (Wildman–Crippen MR) is 68.7 cm³/mol. The molecule has 0 radical (unpaired) electrons. The zero-order valence-corrected chi connectivity index (χ0v) is 10.8. The second kappa shape index (κ2) is 7.17. The first-order chi connectivity index (χ1) is 9.45. The van der Waals surface area contributed by atoms with Crippen LogP contribution in [0.25, 0.3) is 0 Å². The molecule has 0 spiro atoms. The highest BCUT2D eigenvalue weighted by Gasteiger charge is 2.21. The van der Waals surface area contributed by atoms with Gasteiger partial charge in [0, 0.05) is 12.6 Å². The van der Waals surface area contributed by atoms with Crippen molar-refractivity contribution in [1.82, 2.24) is 10.6 Å². The highest BCUT2D eigenvalue weighted by Crippen LogP contribution is 2.19. The summed E-state index contributed by atoms with van der Waals surface area (Å²) in [6.07, 6.45) is 0.745. The molecule has 0 bridgehead atoms. The molecule has 0 fully saturated rings. The van der Waals surface area contributed by atoms with Gasteiger partial charge in [0.2, 0.25) is 5.91 Å². The molecule has 108 valence electrons. The van der Waals surface area contributed by atoms with Crippen molar-refractivity contribution in [3.8, 4) is 0 Å². The summed E-state index contributed by atoms with van der Waals surface area (Å²) in [4.78, 5) is 33.0. The van der Waals surface area contributed by atoms with E-state index in [2.05, 4.69) is 10.6 Å². The Morgan fingerprint density at radius 3 is 2.65 bits per heavy atom. The van der Waals surface area contributed by atoms with Gasteiger partial charge in [-0.15, -0.1) is 0 Å². The lowest BCUT2D eigenvalue weighted by Crippen LogP contribution is -2.37. The summed E-state index contributed by atoms with van der Waals surface area (Å²) in [6, 6.07) is 2.56. The largest absolute Gasteiger partial charge is 0.355 e. The van der Waals surface area contributed by atoms with Crippen molar-refractivity contribution in [2.75, 3.05) is 13.1 Å². The Balaban J connectivity index is 2.74. The van der Waals surface area contributed by atoms with Crippen LogP contribution in [-0.4, -0.2) is 29.8 Å². The van der Waals surface area contributed by atoms with Gasteiger partial charge in [-0.3, -0.25) is 19.7 Å². The van der Waals surface area contributed by atoms with Gasteiger partial charge in [0.25, 0.3) is 11.6 Å². The molecular weight excluding hydrogens is 269 g/mol. The van der Waals surface area contributed by atoms with Gasteiger partial charge in [-0.05, 0) is 18.6 Å². The van der Waals surface area contributed by atoms with Crippen LogP contribution in [0.2, 0.25) is 0 Å². The Morgan fingerprint density at radius 2 is 2.05 bits per heavy atom. The molecule has 0 aliphatic rings. The summed E-state index contributed by atoms with van der Waals surface area (Å²) in [7, 11) is 0. The number of rotatable bonds is 6. The van der Waals surface area contributed by atoms with Gasteiger partial charge in [0.15, 0.2) is 0 Å². The molecule has 1 aromatic rings. The minimum Gasteiger partial charge on any atom is -0.355 e. The third kappa shape index (κ3) is 4.30. The fourth-order valence-electron chi connectivity index (χ4n) is 1.43.